The zero-order chi connectivity index (χ0) is 22.8. The molecule has 0 bridgehead atoms. The highest BCUT2D eigenvalue weighted by molar-refractivity contribution is 7.87. The van der Waals surface area contributed by atoms with Crippen molar-refractivity contribution in [1.82, 2.24) is 13.9 Å². The van der Waals surface area contributed by atoms with E-state index in [1.165, 1.54) is 19.0 Å². The van der Waals surface area contributed by atoms with Crippen molar-refractivity contribution in [2.75, 3.05) is 20.7 Å². The van der Waals surface area contributed by atoms with Gasteiger partial charge in [0, 0.05) is 26.2 Å². The quantitative estimate of drug-likeness (QED) is 0.656. The van der Waals surface area contributed by atoms with Crippen LogP contribution in [-0.2, 0) is 14.9 Å². The van der Waals surface area contributed by atoms with Gasteiger partial charge < -0.3 is 9.84 Å². The van der Waals surface area contributed by atoms with Crippen LogP contribution in [0.25, 0.3) is 0 Å². The van der Waals surface area contributed by atoms with Crippen molar-refractivity contribution < 1.29 is 27.4 Å². The summed E-state index contributed by atoms with van der Waals surface area (Å²) in [5.41, 5.74) is 1.11. The molecule has 0 radical (unpaired) electrons. The molecule has 1 aromatic carbocycles. The first-order valence-electron chi connectivity index (χ1n) is 10.6. The first-order valence-corrected chi connectivity index (χ1v) is 12.1. The summed E-state index contributed by atoms with van der Waals surface area (Å²) in [7, 11) is -0.939. The zero-order valence-corrected chi connectivity index (χ0v) is 19.0. The van der Waals surface area contributed by atoms with Crippen molar-refractivity contribution in [3.8, 4) is 0 Å². The number of halogens is 1. The standard InChI is InChI=1S/C21H32FN3O5S/c1-14-11-18(23-31(28,29)24(2)3)19(25(14)21(26)27)13-30-20-10-9-16(12-17(20)22)15-7-5-4-6-8-15/h4-8,14,16-20,23H,9-13H2,1-3H3,(H,26,27)/t14-,16?,17?,18+,19+,20?/m1/s1. The van der Waals surface area contributed by atoms with Gasteiger partial charge in [-0.25, -0.2) is 9.18 Å². The van der Waals surface area contributed by atoms with Gasteiger partial charge in [0.25, 0.3) is 10.2 Å². The Hall–Kier alpha value is -1.75. The number of amides is 1. The fraction of sp³-hybridized carbons (Fsp3) is 0.667. The Kier molecular flexibility index (Phi) is 7.56. The molecule has 3 rings (SSSR count). The van der Waals surface area contributed by atoms with Gasteiger partial charge in [0.15, 0.2) is 0 Å². The van der Waals surface area contributed by atoms with E-state index in [1.807, 2.05) is 30.3 Å². The number of alkyl halides is 1. The van der Waals surface area contributed by atoms with Crippen molar-refractivity contribution in [2.24, 2.45) is 0 Å². The van der Waals surface area contributed by atoms with Crippen LogP contribution in [0.15, 0.2) is 30.3 Å². The summed E-state index contributed by atoms with van der Waals surface area (Å²) in [5.74, 6) is 0.137. The maximum absolute atomic E-state index is 14.9. The summed E-state index contributed by atoms with van der Waals surface area (Å²) in [6, 6.07) is 8.09. The van der Waals surface area contributed by atoms with E-state index in [0.29, 0.717) is 19.3 Å². The van der Waals surface area contributed by atoms with Crippen molar-refractivity contribution in [3.63, 3.8) is 0 Å². The Bertz CT molecular complexity index is 854. The summed E-state index contributed by atoms with van der Waals surface area (Å²) in [5, 5.41) is 9.64. The van der Waals surface area contributed by atoms with E-state index < -0.39 is 40.7 Å². The fourth-order valence-electron chi connectivity index (χ4n) is 4.63. The van der Waals surface area contributed by atoms with Crippen LogP contribution in [0.5, 0.6) is 0 Å². The van der Waals surface area contributed by atoms with Gasteiger partial charge in [-0.3, -0.25) is 4.90 Å². The van der Waals surface area contributed by atoms with Crippen molar-refractivity contribution >= 4 is 16.3 Å². The van der Waals surface area contributed by atoms with Crippen LogP contribution in [-0.4, -0.2) is 79.9 Å². The number of carboxylic acid groups (broad SMARTS) is 1. The van der Waals surface area contributed by atoms with Gasteiger partial charge in [0.2, 0.25) is 0 Å². The molecule has 0 aromatic heterocycles. The monoisotopic (exact) mass is 457 g/mol. The van der Waals surface area contributed by atoms with Crippen LogP contribution in [0.1, 0.15) is 44.1 Å². The van der Waals surface area contributed by atoms with Crippen LogP contribution < -0.4 is 4.72 Å². The van der Waals surface area contributed by atoms with Crippen LogP contribution >= 0.6 is 0 Å². The van der Waals surface area contributed by atoms with E-state index in [0.717, 1.165) is 16.3 Å². The molecule has 2 aliphatic rings. The average molecular weight is 458 g/mol. The first-order chi connectivity index (χ1) is 14.6. The molecule has 2 fully saturated rings. The van der Waals surface area contributed by atoms with Gasteiger partial charge in [-0.05, 0) is 44.1 Å². The SMILES string of the molecule is C[C@@H]1C[C@H](NS(=O)(=O)N(C)C)[C@H](COC2CCC(c3ccccc3)CC2F)N1C(=O)O. The smallest absolute Gasteiger partial charge is 0.407 e. The number of benzene rings is 1. The number of likely N-dealkylation sites (tertiary alicyclic amines) is 1. The lowest BCUT2D eigenvalue weighted by molar-refractivity contribution is -0.0476. The number of ether oxygens (including phenoxy) is 1. The van der Waals surface area contributed by atoms with Crippen molar-refractivity contribution in [2.45, 2.75) is 68.9 Å². The van der Waals surface area contributed by atoms with E-state index in [1.54, 1.807) is 6.92 Å². The normalized spacial score (nSPS) is 31.8. The third-order valence-electron chi connectivity index (χ3n) is 6.36. The highest BCUT2D eigenvalue weighted by atomic mass is 32.2. The Morgan fingerprint density at radius 3 is 2.52 bits per heavy atom. The van der Waals surface area contributed by atoms with Gasteiger partial charge in [0.1, 0.15) is 6.17 Å². The van der Waals surface area contributed by atoms with Crippen molar-refractivity contribution in [3.05, 3.63) is 35.9 Å². The minimum Gasteiger partial charge on any atom is -0.465 e. The van der Waals surface area contributed by atoms with E-state index in [-0.39, 0.29) is 18.6 Å². The molecule has 1 aliphatic heterocycles. The van der Waals surface area contributed by atoms with Crippen LogP contribution in [0.4, 0.5) is 9.18 Å². The molecular formula is C21H32FN3O5S. The molecule has 3 unspecified atom stereocenters. The van der Waals surface area contributed by atoms with Gasteiger partial charge >= 0.3 is 6.09 Å². The number of nitrogens with zero attached hydrogens (tertiary/aromatic N) is 2. The lowest BCUT2D eigenvalue weighted by Crippen LogP contribution is -2.52. The highest BCUT2D eigenvalue weighted by Gasteiger charge is 2.45. The second kappa shape index (κ2) is 9.81. The molecule has 0 spiro atoms. The minimum absolute atomic E-state index is 0.0572. The topological polar surface area (TPSA) is 99.2 Å². The molecule has 6 atom stereocenters. The predicted molar refractivity (Wildman–Crippen MR) is 115 cm³/mol. The van der Waals surface area contributed by atoms with E-state index >= 15 is 0 Å². The number of hydrogen-bond acceptors (Lipinski definition) is 4. The maximum atomic E-state index is 14.9. The maximum Gasteiger partial charge on any atom is 0.407 e. The summed E-state index contributed by atoms with van der Waals surface area (Å²) in [4.78, 5) is 13.0. The van der Waals surface area contributed by atoms with Crippen LogP contribution in [0.3, 0.4) is 0 Å². The second-order valence-corrected chi connectivity index (χ2v) is 10.6. The lowest BCUT2D eigenvalue weighted by atomic mass is 9.81. The number of nitrogens with one attached hydrogen (secondary N) is 1. The Labute approximate surface area is 183 Å². The summed E-state index contributed by atoms with van der Waals surface area (Å²) in [6.07, 6.45) is -0.926. The molecular weight excluding hydrogens is 425 g/mol. The van der Waals surface area contributed by atoms with Gasteiger partial charge in [-0.2, -0.15) is 17.4 Å². The molecule has 31 heavy (non-hydrogen) atoms. The lowest BCUT2D eigenvalue weighted by Gasteiger charge is -2.34. The second-order valence-electron chi connectivity index (χ2n) is 8.66. The molecule has 1 saturated heterocycles. The molecule has 8 nitrogen and oxygen atoms in total. The number of carbonyl (C=O) groups is 1. The van der Waals surface area contributed by atoms with Gasteiger partial charge in [0.05, 0.1) is 18.8 Å². The molecule has 1 aromatic rings. The summed E-state index contributed by atoms with van der Waals surface area (Å²) in [6.45, 7) is 1.67. The highest BCUT2D eigenvalue weighted by Crippen LogP contribution is 2.36. The predicted octanol–water partition coefficient (Wildman–Crippen LogP) is 2.58. The van der Waals surface area contributed by atoms with Gasteiger partial charge in [-0.1, -0.05) is 30.3 Å². The third kappa shape index (κ3) is 5.54. The third-order valence-corrected chi connectivity index (χ3v) is 7.92. The molecule has 2 N–H and O–H groups in total. The van der Waals surface area contributed by atoms with Crippen molar-refractivity contribution in [1.29, 1.82) is 0 Å². The average Bonchev–Trinajstić information content (AvgIpc) is 3.01. The largest absolute Gasteiger partial charge is 0.465 e. The molecule has 174 valence electrons. The molecule has 1 amide bonds. The summed E-state index contributed by atoms with van der Waals surface area (Å²) >= 11 is 0. The Morgan fingerprint density at radius 2 is 1.94 bits per heavy atom. The summed E-state index contributed by atoms with van der Waals surface area (Å²) < 4.78 is 49.0. The number of rotatable bonds is 7. The molecule has 1 saturated carbocycles. The van der Waals surface area contributed by atoms with E-state index in [9.17, 15) is 22.7 Å². The zero-order valence-electron chi connectivity index (χ0n) is 18.1. The van der Waals surface area contributed by atoms with Crippen LogP contribution in [0.2, 0.25) is 0 Å². The van der Waals surface area contributed by atoms with Gasteiger partial charge in [-0.15, -0.1) is 0 Å². The Balaban J connectivity index is 1.65. The first kappa shape index (κ1) is 23.9. The molecule has 1 aliphatic carbocycles. The molecule has 10 heteroatoms. The van der Waals surface area contributed by atoms with Crippen LogP contribution in [0, 0.1) is 0 Å². The van der Waals surface area contributed by atoms with E-state index in [2.05, 4.69) is 4.72 Å². The fourth-order valence-corrected chi connectivity index (χ4v) is 5.48. The molecule has 1 heterocycles. The number of hydrogen-bond donors (Lipinski definition) is 2. The Morgan fingerprint density at radius 1 is 1.26 bits per heavy atom. The van der Waals surface area contributed by atoms with E-state index in [4.69, 9.17) is 4.74 Å². The minimum atomic E-state index is -3.74.